The van der Waals surface area contributed by atoms with Gasteiger partial charge in [-0.15, -0.1) is 0 Å². The maximum atomic E-state index is 13.1. The highest BCUT2D eigenvalue weighted by Gasteiger charge is 2.27. The minimum atomic E-state index is -0.558. The summed E-state index contributed by atoms with van der Waals surface area (Å²) in [7, 11) is 1.30. The van der Waals surface area contributed by atoms with E-state index in [0.29, 0.717) is 18.7 Å². The second kappa shape index (κ2) is 6.53. The minimum Gasteiger partial charge on any atom is -0.469 e. The molecule has 114 valence electrons. The van der Waals surface area contributed by atoms with E-state index in [9.17, 15) is 14.0 Å². The molecule has 1 fully saturated rings. The Hall–Kier alpha value is -2.15. The Morgan fingerprint density at radius 2 is 2.29 bits per heavy atom. The molecule has 1 aromatic rings. The van der Waals surface area contributed by atoms with Crippen LogP contribution in [0, 0.1) is 5.82 Å². The molecule has 2 rings (SSSR count). The molecular weight excluding hydrogens is 279 g/mol. The number of hydrogen-bond donors (Lipinski definition) is 1. The molecule has 1 aliphatic heterocycles. The number of nitrogens with two attached hydrogens (primary N) is 1. The number of halogens is 1. The Morgan fingerprint density at radius 3 is 2.95 bits per heavy atom. The van der Waals surface area contributed by atoms with Crippen molar-refractivity contribution in [2.75, 3.05) is 32.5 Å². The zero-order chi connectivity index (χ0) is 15.4. The summed E-state index contributed by atoms with van der Waals surface area (Å²) < 4.78 is 23.1. The smallest absolute Gasteiger partial charge is 0.308 e. The van der Waals surface area contributed by atoms with Crippen molar-refractivity contribution in [3.05, 3.63) is 29.6 Å². The Kier molecular flexibility index (Phi) is 4.74. The van der Waals surface area contributed by atoms with Gasteiger partial charge in [0.2, 0.25) is 0 Å². The van der Waals surface area contributed by atoms with E-state index in [1.807, 2.05) is 0 Å². The van der Waals surface area contributed by atoms with Crippen molar-refractivity contribution < 1.29 is 23.5 Å². The Bertz CT molecular complexity index is 550. The molecule has 21 heavy (non-hydrogen) atoms. The van der Waals surface area contributed by atoms with Crippen molar-refractivity contribution in [1.82, 2.24) is 4.90 Å². The minimum absolute atomic E-state index is 0.0692. The summed E-state index contributed by atoms with van der Waals surface area (Å²) in [5.41, 5.74) is 5.71. The van der Waals surface area contributed by atoms with Crippen LogP contribution < -0.4 is 5.73 Å². The average molecular weight is 296 g/mol. The molecule has 1 amide bonds. The fraction of sp³-hybridized carbons (Fsp3) is 0.429. The third kappa shape index (κ3) is 3.69. The zero-order valence-electron chi connectivity index (χ0n) is 11.7. The summed E-state index contributed by atoms with van der Waals surface area (Å²) in [5.74, 6) is -1.21. The molecule has 1 aromatic carbocycles. The summed E-state index contributed by atoms with van der Waals surface area (Å²) in [5, 5.41) is 0. The molecule has 1 saturated heterocycles. The van der Waals surface area contributed by atoms with E-state index < -0.39 is 11.9 Å². The zero-order valence-corrected chi connectivity index (χ0v) is 11.7. The van der Waals surface area contributed by atoms with Crippen LogP contribution in [-0.4, -0.2) is 49.7 Å². The van der Waals surface area contributed by atoms with Crippen molar-refractivity contribution in [2.24, 2.45) is 0 Å². The second-order valence-corrected chi connectivity index (χ2v) is 4.76. The number of morpholine rings is 1. The highest BCUT2D eigenvalue weighted by Crippen LogP contribution is 2.17. The van der Waals surface area contributed by atoms with E-state index >= 15 is 0 Å². The van der Waals surface area contributed by atoms with Gasteiger partial charge in [0.15, 0.2) is 0 Å². The summed E-state index contributed by atoms with van der Waals surface area (Å²) in [6.45, 7) is 1.03. The van der Waals surface area contributed by atoms with E-state index in [0.717, 1.165) is 6.07 Å². The molecule has 1 unspecified atom stereocenters. The number of carbonyl (C=O) groups is 2. The third-order valence-corrected chi connectivity index (χ3v) is 3.29. The van der Waals surface area contributed by atoms with Crippen molar-refractivity contribution in [2.45, 2.75) is 12.5 Å². The molecule has 0 spiro atoms. The van der Waals surface area contributed by atoms with Gasteiger partial charge in [0.25, 0.3) is 5.91 Å². The number of nitrogen functional groups attached to an aromatic ring is 1. The van der Waals surface area contributed by atoms with Gasteiger partial charge in [0, 0.05) is 18.7 Å². The van der Waals surface area contributed by atoms with Crippen molar-refractivity contribution >= 4 is 17.6 Å². The molecule has 7 heteroatoms. The van der Waals surface area contributed by atoms with Crippen LogP contribution >= 0.6 is 0 Å². The number of anilines is 1. The molecule has 1 heterocycles. The van der Waals surface area contributed by atoms with E-state index in [1.54, 1.807) is 4.90 Å². The summed E-state index contributed by atoms with van der Waals surface area (Å²) >= 11 is 0. The largest absolute Gasteiger partial charge is 0.469 e. The summed E-state index contributed by atoms with van der Waals surface area (Å²) in [6, 6.07) is 3.86. The van der Waals surface area contributed by atoms with E-state index in [4.69, 9.17) is 10.5 Å². The maximum Gasteiger partial charge on any atom is 0.308 e. The Labute approximate surface area is 121 Å². The first-order chi connectivity index (χ1) is 10.0. The van der Waals surface area contributed by atoms with Crippen LogP contribution in [0.25, 0.3) is 0 Å². The van der Waals surface area contributed by atoms with Gasteiger partial charge in [0.05, 0.1) is 31.9 Å². The SMILES string of the molecule is COC(=O)CC1CN(C(=O)c2ccc(F)c(N)c2)CCO1. The van der Waals surface area contributed by atoms with Crippen LogP contribution in [0.5, 0.6) is 0 Å². The van der Waals surface area contributed by atoms with Gasteiger partial charge in [-0.05, 0) is 18.2 Å². The third-order valence-electron chi connectivity index (χ3n) is 3.29. The second-order valence-electron chi connectivity index (χ2n) is 4.76. The van der Waals surface area contributed by atoms with Crippen LogP contribution in [0.1, 0.15) is 16.8 Å². The number of hydrogen-bond acceptors (Lipinski definition) is 5. The fourth-order valence-corrected chi connectivity index (χ4v) is 2.16. The van der Waals surface area contributed by atoms with E-state index in [2.05, 4.69) is 4.74 Å². The molecular formula is C14H17FN2O4. The molecule has 6 nitrogen and oxygen atoms in total. The molecule has 0 aromatic heterocycles. The van der Waals surface area contributed by atoms with Gasteiger partial charge in [0.1, 0.15) is 5.82 Å². The predicted octanol–water partition coefficient (Wildman–Crippen LogP) is 0.812. The predicted molar refractivity (Wildman–Crippen MR) is 73.1 cm³/mol. The van der Waals surface area contributed by atoms with Gasteiger partial charge in [-0.2, -0.15) is 0 Å². The lowest BCUT2D eigenvalue weighted by atomic mass is 10.1. The van der Waals surface area contributed by atoms with E-state index in [-0.39, 0.29) is 30.5 Å². The van der Waals surface area contributed by atoms with Gasteiger partial charge in [-0.25, -0.2) is 4.39 Å². The first kappa shape index (κ1) is 15.2. The van der Waals surface area contributed by atoms with Crippen molar-refractivity contribution in [1.29, 1.82) is 0 Å². The van der Waals surface area contributed by atoms with Crippen LogP contribution in [0.2, 0.25) is 0 Å². The Morgan fingerprint density at radius 1 is 1.52 bits per heavy atom. The average Bonchev–Trinajstić information content (AvgIpc) is 2.49. The molecule has 0 saturated carbocycles. The first-order valence-electron chi connectivity index (χ1n) is 6.54. The lowest BCUT2D eigenvalue weighted by Crippen LogP contribution is -2.46. The first-order valence-corrected chi connectivity index (χ1v) is 6.54. The highest BCUT2D eigenvalue weighted by atomic mass is 19.1. The molecule has 0 radical (unpaired) electrons. The number of rotatable bonds is 3. The van der Waals surface area contributed by atoms with Gasteiger partial charge < -0.3 is 20.1 Å². The number of nitrogens with zero attached hydrogens (tertiary/aromatic N) is 1. The van der Waals surface area contributed by atoms with Crippen LogP contribution in [0.15, 0.2) is 18.2 Å². The van der Waals surface area contributed by atoms with Crippen LogP contribution in [-0.2, 0) is 14.3 Å². The monoisotopic (exact) mass is 296 g/mol. The number of esters is 1. The topological polar surface area (TPSA) is 81.9 Å². The van der Waals surface area contributed by atoms with Gasteiger partial charge in [-0.3, -0.25) is 9.59 Å². The van der Waals surface area contributed by atoms with Gasteiger partial charge in [-0.1, -0.05) is 0 Å². The van der Waals surface area contributed by atoms with Crippen LogP contribution in [0.4, 0.5) is 10.1 Å². The number of ether oxygens (including phenoxy) is 2. The number of methoxy groups -OCH3 is 1. The number of benzene rings is 1. The van der Waals surface area contributed by atoms with Gasteiger partial charge >= 0.3 is 5.97 Å². The molecule has 0 aliphatic carbocycles. The van der Waals surface area contributed by atoms with Crippen molar-refractivity contribution in [3.63, 3.8) is 0 Å². The maximum absolute atomic E-state index is 13.1. The molecule has 2 N–H and O–H groups in total. The molecule has 1 atom stereocenters. The summed E-state index contributed by atoms with van der Waals surface area (Å²) in [6.07, 6.45) is -0.306. The highest BCUT2D eigenvalue weighted by molar-refractivity contribution is 5.95. The van der Waals surface area contributed by atoms with E-state index in [1.165, 1.54) is 19.2 Å². The Balaban J connectivity index is 2.04. The number of carbonyl (C=O) groups excluding carboxylic acids is 2. The van der Waals surface area contributed by atoms with Crippen LogP contribution in [0.3, 0.4) is 0 Å². The fourth-order valence-electron chi connectivity index (χ4n) is 2.16. The lowest BCUT2D eigenvalue weighted by molar-refractivity contribution is -0.145. The normalized spacial score (nSPS) is 18.4. The standard InChI is InChI=1S/C14H17FN2O4/c1-20-13(18)7-10-8-17(4-5-21-10)14(19)9-2-3-11(15)12(16)6-9/h2-3,6,10H,4-5,7-8,16H2,1H3. The lowest BCUT2D eigenvalue weighted by Gasteiger charge is -2.32. The number of amides is 1. The molecule has 0 bridgehead atoms. The van der Waals surface area contributed by atoms with Crippen molar-refractivity contribution in [3.8, 4) is 0 Å². The molecule has 1 aliphatic rings. The quantitative estimate of drug-likeness (QED) is 0.659. The summed E-state index contributed by atoms with van der Waals surface area (Å²) in [4.78, 5) is 25.1.